The highest BCUT2D eigenvalue weighted by atomic mass is 16.5. The molecule has 1 N–H and O–H groups in total. The van der Waals surface area contributed by atoms with Gasteiger partial charge in [-0.1, -0.05) is 6.07 Å². The summed E-state index contributed by atoms with van der Waals surface area (Å²) in [5.74, 6) is 0.964. The molecule has 0 amide bonds. The van der Waals surface area contributed by atoms with Gasteiger partial charge in [-0.25, -0.2) is 0 Å². The lowest BCUT2D eigenvalue weighted by Gasteiger charge is -2.22. The van der Waals surface area contributed by atoms with Crippen molar-refractivity contribution < 1.29 is 19.0 Å². The second-order valence-corrected chi connectivity index (χ2v) is 5.18. The van der Waals surface area contributed by atoms with E-state index in [2.05, 4.69) is 5.32 Å². The fraction of sp³-hybridized carbons (Fsp3) is 0.533. The van der Waals surface area contributed by atoms with Crippen LogP contribution in [0.15, 0.2) is 18.2 Å². The predicted molar refractivity (Wildman–Crippen MR) is 77.0 cm³/mol. The van der Waals surface area contributed by atoms with Crippen LogP contribution < -0.4 is 14.8 Å². The molecule has 0 saturated carbocycles. The molecule has 0 unspecified atom stereocenters. The fourth-order valence-electron chi connectivity index (χ4n) is 1.74. The zero-order valence-corrected chi connectivity index (χ0v) is 12.8. The monoisotopic (exact) mass is 281 g/mol. The van der Waals surface area contributed by atoms with E-state index in [0.717, 1.165) is 12.1 Å². The van der Waals surface area contributed by atoms with Gasteiger partial charge in [0.2, 0.25) is 0 Å². The second kappa shape index (κ2) is 7.14. The normalized spacial score (nSPS) is 11.1. The first kappa shape index (κ1) is 16.3. The van der Waals surface area contributed by atoms with Gasteiger partial charge in [-0.3, -0.25) is 4.79 Å². The first-order valence-electron chi connectivity index (χ1n) is 6.47. The molecule has 5 heteroatoms. The van der Waals surface area contributed by atoms with Gasteiger partial charge in [0.1, 0.15) is 6.61 Å². The number of hydrogen-bond donors (Lipinski definition) is 1. The molecule has 20 heavy (non-hydrogen) atoms. The average molecular weight is 281 g/mol. The number of carbonyl (C=O) groups excluding carboxylic acids is 1. The number of hydrogen-bond acceptors (Lipinski definition) is 5. The van der Waals surface area contributed by atoms with Crippen molar-refractivity contribution in [1.82, 2.24) is 5.32 Å². The summed E-state index contributed by atoms with van der Waals surface area (Å²) in [4.78, 5) is 11.6. The summed E-state index contributed by atoms with van der Waals surface area (Å²) in [6.07, 6.45) is 0. The fourth-order valence-corrected chi connectivity index (χ4v) is 1.74. The number of ether oxygens (including phenoxy) is 3. The van der Waals surface area contributed by atoms with E-state index in [-0.39, 0.29) is 12.6 Å². The van der Waals surface area contributed by atoms with Crippen LogP contribution in [0.25, 0.3) is 0 Å². The molecule has 0 aromatic heterocycles. The molecule has 0 aliphatic rings. The molecule has 1 aromatic rings. The van der Waals surface area contributed by atoms with Crippen molar-refractivity contribution in [3.8, 4) is 11.5 Å². The molecule has 0 radical (unpaired) electrons. The maximum Gasteiger partial charge on any atom is 0.314 e. The number of esters is 1. The molecule has 0 aliphatic heterocycles. The minimum Gasteiger partial charge on any atom is -0.493 e. The molecule has 0 aliphatic carbocycles. The molecular formula is C15H23NO4. The molecule has 1 rings (SSSR count). The van der Waals surface area contributed by atoms with E-state index in [0.29, 0.717) is 11.5 Å². The van der Waals surface area contributed by atoms with Gasteiger partial charge >= 0.3 is 5.97 Å². The predicted octanol–water partition coefficient (Wildman–Crippen LogP) is 1.99. The Labute approximate surface area is 120 Å². The topological polar surface area (TPSA) is 56.8 Å². The third kappa shape index (κ3) is 4.13. The van der Waals surface area contributed by atoms with Crippen molar-refractivity contribution in [2.75, 3.05) is 27.9 Å². The van der Waals surface area contributed by atoms with Gasteiger partial charge < -0.3 is 19.5 Å². The van der Waals surface area contributed by atoms with Crippen LogP contribution >= 0.6 is 0 Å². The van der Waals surface area contributed by atoms with Gasteiger partial charge in [0, 0.05) is 6.54 Å². The van der Waals surface area contributed by atoms with Crippen molar-refractivity contribution >= 4 is 5.97 Å². The van der Waals surface area contributed by atoms with Crippen LogP contribution in [0.1, 0.15) is 19.4 Å². The Morgan fingerprint density at radius 1 is 1.25 bits per heavy atom. The second-order valence-electron chi connectivity index (χ2n) is 5.18. The van der Waals surface area contributed by atoms with Crippen LogP contribution in [0, 0.1) is 5.41 Å². The minimum absolute atomic E-state index is 0.224. The third-order valence-corrected chi connectivity index (χ3v) is 2.94. The largest absolute Gasteiger partial charge is 0.493 e. The lowest BCUT2D eigenvalue weighted by atomic mass is 9.95. The molecule has 0 heterocycles. The van der Waals surface area contributed by atoms with Gasteiger partial charge in [0.25, 0.3) is 0 Å². The van der Waals surface area contributed by atoms with Crippen molar-refractivity contribution in [1.29, 1.82) is 0 Å². The Morgan fingerprint density at radius 3 is 2.50 bits per heavy atom. The maximum absolute atomic E-state index is 11.6. The van der Waals surface area contributed by atoms with Crippen LogP contribution in [-0.4, -0.2) is 33.8 Å². The molecule has 5 nitrogen and oxygen atoms in total. The first-order valence-corrected chi connectivity index (χ1v) is 6.47. The number of rotatable bonds is 7. The average Bonchev–Trinajstić information content (AvgIpc) is 2.45. The first-order chi connectivity index (χ1) is 9.44. The van der Waals surface area contributed by atoms with E-state index < -0.39 is 5.41 Å². The van der Waals surface area contributed by atoms with Crippen molar-refractivity contribution in [2.24, 2.45) is 5.41 Å². The summed E-state index contributed by atoms with van der Waals surface area (Å²) in [7, 11) is 4.85. The van der Waals surface area contributed by atoms with Crippen LogP contribution in [0.3, 0.4) is 0 Å². The quantitative estimate of drug-likeness (QED) is 0.775. The van der Waals surface area contributed by atoms with Crippen LogP contribution in [0.4, 0.5) is 0 Å². The minimum atomic E-state index is -0.705. The number of methoxy groups -OCH3 is 2. The van der Waals surface area contributed by atoms with E-state index in [4.69, 9.17) is 14.2 Å². The molecule has 0 spiro atoms. The van der Waals surface area contributed by atoms with Crippen LogP contribution in [0.2, 0.25) is 0 Å². The van der Waals surface area contributed by atoms with Gasteiger partial charge in [-0.15, -0.1) is 0 Å². The SMILES string of the molecule is CNCc1ccc(OCC(C)(C)C(=O)OC)c(OC)c1. The summed E-state index contributed by atoms with van der Waals surface area (Å²) < 4.78 is 15.8. The number of nitrogens with one attached hydrogen (secondary N) is 1. The molecule has 112 valence electrons. The Bertz CT molecular complexity index is 457. The highest BCUT2D eigenvalue weighted by Crippen LogP contribution is 2.30. The molecule has 0 atom stereocenters. The number of benzene rings is 1. The summed E-state index contributed by atoms with van der Waals surface area (Å²) in [5.41, 5.74) is 0.396. The van der Waals surface area contributed by atoms with Crippen LogP contribution in [0.5, 0.6) is 11.5 Å². The van der Waals surface area contributed by atoms with E-state index >= 15 is 0 Å². The molecule has 0 fully saturated rings. The van der Waals surface area contributed by atoms with Crippen molar-refractivity contribution in [2.45, 2.75) is 20.4 Å². The number of carbonyl (C=O) groups is 1. The summed E-state index contributed by atoms with van der Waals surface area (Å²) in [6, 6.07) is 5.72. The highest BCUT2D eigenvalue weighted by molar-refractivity contribution is 5.75. The van der Waals surface area contributed by atoms with Crippen molar-refractivity contribution in [3.05, 3.63) is 23.8 Å². The smallest absolute Gasteiger partial charge is 0.314 e. The Kier molecular flexibility index (Phi) is 5.82. The third-order valence-electron chi connectivity index (χ3n) is 2.94. The Morgan fingerprint density at radius 2 is 1.95 bits per heavy atom. The zero-order valence-electron chi connectivity index (χ0n) is 12.8. The Hall–Kier alpha value is -1.75. The molecule has 0 bridgehead atoms. The maximum atomic E-state index is 11.6. The van der Waals surface area contributed by atoms with Gasteiger partial charge in [-0.05, 0) is 38.6 Å². The van der Waals surface area contributed by atoms with Crippen LogP contribution in [-0.2, 0) is 16.1 Å². The zero-order chi connectivity index (χ0) is 15.2. The molecular weight excluding hydrogens is 258 g/mol. The van der Waals surface area contributed by atoms with E-state index in [1.54, 1.807) is 21.0 Å². The standard InChI is InChI=1S/C15H23NO4/c1-15(2,14(17)19-5)10-20-12-7-6-11(9-16-3)8-13(12)18-4/h6-8,16H,9-10H2,1-5H3. The van der Waals surface area contributed by atoms with Gasteiger partial charge in [0.05, 0.1) is 19.6 Å². The lowest BCUT2D eigenvalue weighted by molar-refractivity contribution is -0.152. The Balaban J connectivity index is 2.80. The lowest BCUT2D eigenvalue weighted by Crippen LogP contribution is -2.32. The van der Waals surface area contributed by atoms with Gasteiger partial charge in [0.15, 0.2) is 11.5 Å². The molecule has 0 saturated heterocycles. The van der Waals surface area contributed by atoms with Crippen molar-refractivity contribution in [3.63, 3.8) is 0 Å². The van der Waals surface area contributed by atoms with E-state index in [1.807, 2.05) is 25.2 Å². The molecule has 1 aromatic carbocycles. The summed E-state index contributed by atoms with van der Waals surface area (Å²) in [6.45, 7) is 4.53. The summed E-state index contributed by atoms with van der Waals surface area (Å²) in [5, 5.41) is 3.08. The summed E-state index contributed by atoms with van der Waals surface area (Å²) >= 11 is 0. The van der Waals surface area contributed by atoms with Gasteiger partial charge in [-0.2, -0.15) is 0 Å². The van der Waals surface area contributed by atoms with E-state index in [1.165, 1.54) is 7.11 Å². The van der Waals surface area contributed by atoms with E-state index in [9.17, 15) is 4.79 Å². The highest BCUT2D eigenvalue weighted by Gasteiger charge is 2.30.